The lowest BCUT2D eigenvalue weighted by atomic mass is 10.3. The predicted octanol–water partition coefficient (Wildman–Crippen LogP) is 2.31. The maximum Gasteiger partial charge on any atom is 0.0340 e. The van der Waals surface area contributed by atoms with Gasteiger partial charge in [0.25, 0.3) is 0 Å². The van der Waals surface area contributed by atoms with E-state index in [1.165, 1.54) is 5.69 Å². The Kier molecular flexibility index (Phi) is 4.72. The van der Waals surface area contributed by atoms with Crippen LogP contribution in [0.15, 0.2) is 30.3 Å². The van der Waals surface area contributed by atoms with Gasteiger partial charge >= 0.3 is 0 Å². The molecule has 72 valence electrons. The van der Waals surface area contributed by atoms with Crippen molar-refractivity contribution in [3.8, 4) is 0 Å². The number of hydrogen-bond donors (Lipinski definition) is 1. The summed E-state index contributed by atoms with van der Waals surface area (Å²) >= 11 is 1.75. The lowest BCUT2D eigenvalue weighted by Gasteiger charge is -2.13. The molecule has 0 saturated carbocycles. The lowest BCUT2D eigenvalue weighted by molar-refractivity contribution is 0.588. The third-order valence-corrected chi connectivity index (χ3v) is 2.65. The van der Waals surface area contributed by atoms with Crippen molar-refractivity contribution in [2.75, 3.05) is 31.7 Å². The Morgan fingerprint density at radius 1 is 1.31 bits per heavy atom. The molecule has 0 heterocycles. The van der Waals surface area contributed by atoms with E-state index in [0.29, 0.717) is 0 Å². The summed E-state index contributed by atoms with van der Waals surface area (Å²) in [6, 6.07) is 10.3. The first kappa shape index (κ1) is 10.4. The standard InChI is InChI=1S/C10H16N2S/c1-12(13-2)9-8-11-10-6-4-3-5-7-10/h3-7,11H,8-9H2,1-2H3. The molecule has 0 aliphatic rings. The first-order chi connectivity index (χ1) is 6.33. The van der Waals surface area contributed by atoms with E-state index in [-0.39, 0.29) is 0 Å². The fraction of sp³-hybridized carbons (Fsp3) is 0.400. The second-order valence-electron chi connectivity index (χ2n) is 2.83. The quantitative estimate of drug-likeness (QED) is 0.728. The lowest BCUT2D eigenvalue weighted by Crippen LogP contribution is -2.18. The van der Waals surface area contributed by atoms with Crippen LogP contribution in [0.2, 0.25) is 0 Å². The van der Waals surface area contributed by atoms with E-state index in [4.69, 9.17) is 0 Å². The zero-order valence-corrected chi connectivity index (χ0v) is 8.97. The fourth-order valence-electron chi connectivity index (χ4n) is 1.00. The van der Waals surface area contributed by atoms with E-state index in [2.05, 4.69) is 35.1 Å². The van der Waals surface area contributed by atoms with Gasteiger partial charge in [-0.3, -0.25) is 4.31 Å². The minimum absolute atomic E-state index is 0.987. The van der Waals surface area contributed by atoms with Gasteiger partial charge in [0.2, 0.25) is 0 Å². The van der Waals surface area contributed by atoms with Crippen molar-refractivity contribution < 1.29 is 0 Å². The Balaban J connectivity index is 2.20. The van der Waals surface area contributed by atoms with Gasteiger partial charge in [0.05, 0.1) is 0 Å². The largest absolute Gasteiger partial charge is 0.384 e. The van der Waals surface area contributed by atoms with E-state index in [1.54, 1.807) is 11.9 Å². The van der Waals surface area contributed by atoms with Crippen LogP contribution in [0.1, 0.15) is 0 Å². The van der Waals surface area contributed by atoms with Gasteiger partial charge in [-0.1, -0.05) is 30.1 Å². The van der Waals surface area contributed by atoms with Crippen molar-refractivity contribution in [2.45, 2.75) is 0 Å². The molecule has 1 N–H and O–H groups in total. The molecule has 0 aliphatic heterocycles. The molecular weight excluding hydrogens is 180 g/mol. The molecule has 0 atom stereocenters. The van der Waals surface area contributed by atoms with Gasteiger partial charge in [-0.05, 0) is 25.4 Å². The maximum atomic E-state index is 3.35. The SMILES string of the molecule is CSN(C)CCNc1ccccc1. The molecule has 1 rings (SSSR count). The van der Waals surface area contributed by atoms with E-state index in [1.807, 2.05) is 18.2 Å². The third kappa shape index (κ3) is 4.20. The molecule has 0 aliphatic carbocycles. The number of nitrogens with one attached hydrogen (secondary N) is 1. The van der Waals surface area contributed by atoms with E-state index in [9.17, 15) is 0 Å². The average Bonchev–Trinajstić information content (AvgIpc) is 2.19. The van der Waals surface area contributed by atoms with Crippen LogP contribution >= 0.6 is 11.9 Å². The average molecular weight is 196 g/mol. The van der Waals surface area contributed by atoms with Crippen molar-refractivity contribution in [1.29, 1.82) is 0 Å². The number of nitrogens with zero attached hydrogens (tertiary/aromatic N) is 1. The monoisotopic (exact) mass is 196 g/mol. The van der Waals surface area contributed by atoms with Gasteiger partial charge in [0.15, 0.2) is 0 Å². The molecule has 0 radical (unpaired) electrons. The minimum Gasteiger partial charge on any atom is -0.384 e. The maximum absolute atomic E-state index is 3.35. The smallest absolute Gasteiger partial charge is 0.0340 e. The first-order valence-electron chi connectivity index (χ1n) is 4.37. The number of rotatable bonds is 5. The Labute approximate surface area is 84.5 Å². The van der Waals surface area contributed by atoms with Crippen molar-refractivity contribution in [3.63, 3.8) is 0 Å². The Morgan fingerprint density at radius 2 is 2.00 bits per heavy atom. The van der Waals surface area contributed by atoms with Crippen LogP contribution in [0, 0.1) is 0 Å². The number of benzene rings is 1. The van der Waals surface area contributed by atoms with Crippen molar-refractivity contribution in [3.05, 3.63) is 30.3 Å². The molecule has 0 spiro atoms. The first-order valence-corrected chi connectivity index (χ1v) is 5.55. The topological polar surface area (TPSA) is 15.3 Å². The van der Waals surface area contributed by atoms with Crippen molar-refractivity contribution in [1.82, 2.24) is 4.31 Å². The van der Waals surface area contributed by atoms with Crippen LogP contribution in [0.5, 0.6) is 0 Å². The van der Waals surface area contributed by atoms with Crippen LogP contribution < -0.4 is 5.32 Å². The number of para-hydroxylation sites is 1. The molecule has 0 unspecified atom stereocenters. The summed E-state index contributed by atoms with van der Waals surface area (Å²) in [6.07, 6.45) is 2.09. The highest BCUT2D eigenvalue weighted by Crippen LogP contribution is 2.05. The molecule has 3 heteroatoms. The van der Waals surface area contributed by atoms with Crippen LogP contribution in [-0.4, -0.2) is 30.7 Å². The van der Waals surface area contributed by atoms with Crippen LogP contribution in [0.25, 0.3) is 0 Å². The summed E-state index contributed by atoms with van der Waals surface area (Å²) < 4.78 is 2.20. The van der Waals surface area contributed by atoms with E-state index in [0.717, 1.165) is 13.1 Å². The van der Waals surface area contributed by atoms with Crippen molar-refractivity contribution in [2.24, 2.45) is 0 Å². The highest BCUT2D eigenvalue weighted by molar-refractivity contribution is 7.96. The van der Waals surface area contributed by atoms with Gasteiger partial charge in [0, 0.05) is 18.8 Å². The second-order valence-corrected chi connectivity index (χ2v) is 3.82. The molecule has 0 fully saturated rings. The zero-order chi connectivity index (χ0) is 9.52. The van der Waals surface area contributed by atoms with Crippen LogP contribution in [0.3, 0.4) is 0 Å². The highest BCUT2D eigenvalue weighted by atomic mass is 32.2. The second kappa shape index (κ2) is 5.89. The molecular formula is C10H16N2S. The Morgan fingerprint density at radius 3 is 2.62 bits per heavy atom. The molecule has 1 aromatic carbocycles. The molecule has 0 bridgehead atoms. The van der Waals surface area contributed by atoms with E-state index < -0.39 is 0 Å². The summed E-state index contributed by atoms with van der Waals surface area (Å²) in [6.45, 7) is 2.04. The van der Waals surface area contributed by atoms with Crippen molar-refractivity contribution >= 4 is 17.6 Å². The zero-order valence-electron chi connectivity index (χ0n) is 8.16. The van der Waals surface area contributed by atoms with Gasteiger partial charge in [-0.15, -0.1) is 0 Å². The predicted molar refractivity (Wildman–Crippen MR) is 61.1 cm³/mol. The normalized spacial score (nSPS) is 10.4. The Bertz CT molecular complexity index is 226. The molecule has 0 saturated heterocycles. The van der Waals surface area contributed by atoms with Gasteiger partial charge in [0.1, 0.15) is 0 Å². The highest BCUT2D eigenvalue weighted by Gasteiger charge is 1.93. The summed E-state index contributed by atoms with van der Waals surface area (Å²) in [5.41, 5.74) is 1.19. The molecule has 1 aromatic rings. The van der Waals surface area contributed by atoms with Gasteiger partial charge < -0.3 is 5.32 Å². The third-order valence-electron chi connectivity index (χ3n) is 1.84. The number of likely N-dealkylation sites (N-methyl/N-ethyl adjacent to an activating group) is 1. The Hall–Kier alpha value is -0.670. The van der Waals surface area contributed by atoms with Gasteiger partial charge in [-0.25, -0.2) is 0 Å². The molecule has 13 heavy (non-hydrogen) atoms. The number of anilines is 1. The van der Waals surface area contributed by atoms with E-state index >= 15 is 0 Å². The minimum atomic E-state index is 0.987. The van der Waals surface area contributed by atoms with Crippen LogP contribution in [-0.2, 0) is 0 Å². The van der Waals surface area contributed by atoms with Crippen LogP contribution in [0.4, 0.5) is 5.69 Å². The summed E-state index contributed by atoms with van der Waals surface area (Å²) in [4.78, 5) is 0. The summed E-state index contributed by atoms with van der Waals surface area (Å²) in [5, 5.41) is 3.35. The summed E-state index contributed by atoms with van der Waals surface area (Å²) in [7, 11) is 2.09. The fourth-order valence-corrected chi connectivity index (χ4v) is 1.28. The summed E-state index contributed by atoms with van der Waals surface area (Å²) in [5.74, 6) is 0. The molecule has 0 amide bonds. The van der Waals surface area contributed by atoms with Gasteiger partial charge in [-0.2, -0.15) is 0 Å². The molecule has 2 nitrogen and oxygen atoms in total. The molecule has 0 aromatic heterocycles. The number of hydrogen-bond acceptors (Lipinski definition) is 3.